The zero-order chi connectivity index (χ0) is 19.5. The number of halogens is 1. The van der Waals surface area contributed by atoms with Crippen LogP contribution in [0, 0.1) is 5.82 Å². The number of aliphatic imine (C=N–C) groups is 1. The van der Waals surface area contributed by atoms with Gasteiger partial charge in [0.1, 0.15) is 5.82 Å². The van der Waals surface area contributed by atoms with Crippen LogP contribution in [0.4, 0.5) is 4.39 Å². The number of rotatable bonds is 9. The van der Waals surface area contributed by atoms with E-state index in [4.69, 9.17) is 0 Å². The van der Waals surface area contributed by atoms with Gasteiger partial charge in [0.05, 0.1) is 13.0 Å². The highest BCUT2D eigenvalue weighted by molar-refractivity contribution is 7.10. The number of thiophene rings is 1. The molecule has 1 amide bonds. The molecule has 5 nitrogen and oxygen atoms in total. The normalized spacial score (nSPS) is 12.5. The van der Waals surface area contributed by atoms with Gasteiger partial charge in [0.15, 0.2) is 5.96 Å². The first-order valence-electron chi connectivity index (χ1n) is 9.15. The van der Waals surface area contributed by atoms with E-state index in [9.17, 15) is 9.18 Å². The summed E-state index contributed by atoms with van der Waals surface area (Å²) in [5.41, 5.74) is 0.665. The van der Waals surface area contributed by atoms with Crippen molar-refractivity contribution in [3.63, 3.8) is 0 Å². The van der Waals surface area contributed by atoms with Crippen molar-refractivity contribution in [2.45, 2.75) is 26.2 Å². The monoisotopic (exact) mass is 390 g/mol. The standard InChI is InChI=1S/C20H27FN4OS/c1-3-22-20(25-14-15(2)18-8-5-11-27-18)24-10-9-23-19(26)13-16-6-4-7-17(21)12-16/h4-8,11-12,15H,3,9-10,13-14H2,1-2H3,(H,23,26)(H2,22,24,25). The number of carbonyl (C=O) groups is 1. The molecule has 0 fully saturated rings. The zero-order valence-corrected chi connectivity index (χ0v) is 16.6. The van der Waals surface area contributed by atoms with Gasteiger partial charge >= 0.3 is 0 Å². The van der Waals surface area contributed by atoms with E-state index in [0.717, 1.165) is 12.5 Å². The SMILES string of the molecule is CCNC(=NCC(C)c1cccs1)NCCNC(=O)Cc1cccc(F)c1. The minimum absolute atomic E-state index is 0.129. The van der Waals surface area contributed by atoms with Crippen molar-refractivity contribution in [1.29, 1.82) is 0 Å². The van der Waals surface area contributed by atoms with Crippen molar-refractivity contribution < 1.29 is 9.18 Å². The fraction of sp³-hybridized carbons (Fsp3) is 0.400. The van der Waals surface area contributed by atoms with Crippen LogP contribution in [-0.2, 0) is 11.2 Å². The molecular formula is C20H27FN4OS. The van der Waals surface area contributed by atoms with Crippen LogP contribution >= 0.6 is 11.3 Å². The molecule has 1 aromatic heterocycles. The van der Waals surface area contributed by atoms with E-state index in [1.165, 1.54) is 17.0 Å². The van der Waals surface area contributed by atoms with E-state index in [0.29, 0.717) is 31.1 Å². The van der Waals surface area contributed by atoms with E-state index in [1.807, 2.05) is 6.92 Å². The predicted molar refractivity (Wildman–Crippen MR) is 110 cm³/mol. The second kappa shape index (κ2) is 11.3. The van der Waals surface area contributed by atoms with Crippen LogP contribution in [0.1, 0.15) is 30.2 Å². The lowest BCUT2D eigenvalue weighted by Gasteiger charge is -2.13. The number of nitrogens with one attached hydrogen (secondary N) is 3. The second-order valence-electron chi connectivity index (χ2n) is 6.22. The average Bonchev–Trinajstić information content (AvgIpc) is 3.17. The van der Waals surface area contributed by atoms with Gasteiger partial charge in [-0.1, -0.05) is 25.1 Å². The van der Waals surface area contributed by atoms with Gasteiger partial charge in [-0.25, -0.2) is 4.39 Å². The van der Waals surface area contributed by atoms with Crippen LogP contribution in [0.3, 0.4) is 0 Å². The largest absolute Gasteiger partial charge is 0.357 e. The maximum atomic E-state index is 13.1. The molecular weight excluding hydrogens is 363 g/mol. The molecule has 0 radical (unpaired) electrons. The predicted octanol–water partition coefficient (Wildman–Crippen LogP) is 2.90. The zero-order valence-electron chi connectivity index (χ0n) is 15.8. The fourth-order valence-electron chi connectivity index (χ4n) is 2.51. The molecule has 0 aliphatic heterocycles. The Hall–Kier alpha value is -2.41. The smallest absolute Gasteiger partial charge is 0.224 e. The van der Waals surface area contributed by atoms with Gasteiger partial charge in [0.2, 0.25) is 5.91 Å². The molecule has 0 spiro atoms. The Labute approximate surface area is 164 Å². The maximum Gasteiger partial charge on any atom is 0.224 e. The summed E-state index contributed by atoms with van der Waals surface area (Å²) in [4.78, 5) is 17.9. The first-order chi connectivity index (χ1) is 13.1. The van der Waals surface area contributed by atoms with Crippen molar-refractivity contribution in [2.24, 2.45) is 4.99 Å². The van der Waals surface area contributed by atoms with E-state index < -0.39 is 0 Å². The molecule has 1 aromatic carbocycles. The van der Waals surface area contributed by atoms with Crippen LogP contribution in [0.5, 0.6) is 0 Å². The summed E-state index contributed by atoms with van der Waals surface area (Å²) in [5, 5.41) is 11.3. The van der Waals surface area contributed by atoms with Crippen LogP contribution in [0.15, 0.2) is 46.8 Å². The van der Waals surface area contributed by atoms with Gasteiger partial charge in [0.25, 0.3) is 0 Å². The molecule has 1 atom stereocenters. The molecule has 0 bridgehead atoms. The molecule has 27 heavy (non-hydrogen) atoms. The van der Waals surface area contributed by atoms with Crippen LogP contribution in [0.2, 0.25) is 0 Å². The van der Waals surface area contributed by atoms with Crippen molar-refractivity contribution in [3.8, 4) is 0 Å². The first kappa shape index (κ1) is 20.9. The highest BCUT2D eigenvalue weighted by Gasteiger charge is 2.07. The maximum absolute atomic E-state index is 13.1. The van der Waals surface area contributed by atoms with E-state index in [-0.39, 0.29) is 18.1 Å². The summed E-state index contributed by atoms with van der Waals surface area (Å²) < 4.78 is 13.1. The van der Waals surface area contributed by atoms with Gasteiger partial charge in [-0.15, -0.1) is 11.3 Å². The molecule has 1 unspecified atom stereocenters. The van der Waals surface area contributed by atoms with Crippen molar-refractivity contribution in [2.75, 3.05) is 26.2 Å². The third-order valence-corrected chi connectivity index (χ3v) is 4.99. The second-order valence-corrected chi connectivity index (χ2v) is 7.20. The van der Waals surface area contributed by atoms with Crippen molar-refractivity contribution >= 4 is 23.2 Å². The summed E-state index contributed by atoms with van der Waals surface area (Å²) >= 11 is 1.74. The highest BCUT2D eigenvalue weighted by Crippen LogP contribution is 2.20. The minimum Gasteiger partial charge on any atom is -0.357 e. The van der Waals surface area contributed by atoms with Gasteiger partial charge in [-0.2, -0.15) is 0 Å². The average molecular weight is 391 g/mol. The molecule has 0 aliphatic carbocycles. The Morgan fingerprint density at radius 2 is 2.00 bits per heavy atom. The fourth-order valence-corrected chi connectivity index (χ4v) is 3.29. The molecule has 0 aliphatic rings. The highest BCUT2D eigenvalue weighted by atomic mass is 32.1. The van der Waals surface area contributed by atoms with Crippen molar-refractivity contribution in [1.82, 2.24) is 16.0 Å². The van der Waals surface area contributed by atoms with Gasteiger partial charge in [0, 0.05) is 30.4 Å². The van der Waals surface area contributed by atoms with Crippen molar-refractivity contribution in [3.05, 3.63) is 58.0 Å². The number of amides is 1. The molecule has 1 heterocycles. The number of hydrogen-bond donors (Lipinski definition) is 3. The summed E-state index contributed by atoms with van der Waals surface area (Å²) in [6.45, 7) is 6.67. The third kappa shape index (κ3) is 7.78. The molecule has 0 saturated heterocycles. The quantitative estimate of drug-likeness (QED) is 0.350. The first-order valence-corrected chi connectivity index (χ1v) is 10.0. The molecule has 2 rings (SSSR count). The van der Waals surface area contributed by atoms with Crippen LogP contribution < -0.4 is 16.0 Å². The summed E-state index contributed by atoms with van der Waals surface area (Å²) in [6.07, 6.45) is 0.171. The summed E-state index contributed by atoms with van der Waals surface area (Å²) in [6, 6.07) is 10.3. The minimum atomic E-state index is -0.328. The lowest BCUT2D eigenvalue weighted by Crippen LogP contribution is -2.42. The number of hydrogen-bond acceptors (Lipinski definition) is 3. The van der Waals surface area contributed by atoms with Crippen LogP contribution in [-0.4, -0.2) is 38.0 Å². The van der Waals surface area contributed by atoms with Gasteiger partial charge in [-0.3, -0.25) is 9.79 Å². The molecule has 7 heteroatoms. The summed E-state index contributed by atoms with van der Waals surface area (Å²) in [5.74, 6) is 0.646. The molecule has 0 saturated carbocycles. The van der Waals surface area contributed by atoms with E-state index in [2.05, 4.69) is 45.4 Å². The summed E-state index contributed by atoms with van der Waals surface area (Å²) in [7, 11) is 0. The Kier molecular flexibility index (Phi) is 8.77. The van der Waals surface area contributed by atoms with Gasteiger partial charge < -0.3 is 16.0 Å². The lowest BCUT2D eigenvalue weighted by atomic mass is 10.1. The number of benzene rings is 1. The lowest BCUT2D eigenvalue weighted by molar-refractivity contribution is -0.120. The van der Waals surface area contributed by atoms with E-state index in [1.54, 1.807) is 23.5 Å². The molecule has 2 aromatic rings. The Morgan fingerprint density at radius 1 is 1.19 bits per heavy atom. The molecule has 3 N–H and O–H groups in total. The topological polar surface area (TPSA) is 65.5 Å². The van der Waals surface area contributed by atoms with Crippen LogP contribution in [0.25, 0.3) is 0 Å². The molecule has 146 valence electrons. The number of nitrogens with zero attached hydrogens (tertiary/aromatic N) is 1. The number of carbonyl (C=O) groups excluding carboxylic acids is 1. The number of guanidine groups is 1. The van der Waals surface area contributed by atoms with Gasteiger partial charge in [-0.05, 0) is 36.1 Å². The van der Waals surface area contributed by atoms with E-state index >= 15 is 0 Å². The Balaban J connectivity index is 1.72. The Morgan fingerprint density at radius 3 is 2.70 bits per heavy atom. The Bertz CT molecular complexity index is 733. The third-order valence-electron chi connectivity index (χ3n) is 3.89.